The molecule has 10 heteroatoms. The van der Waals surface area contributed by atoms with E-state index in [1.54, 1.807) is 36.4 Å². The Labute approximate surface area is 182 Å². The van der Waals surface area contributed by atoms with Gasteiger partial charge in [-0.05, 0) is 55.3 Å². The van der Waals surface area contributed by atoms with Gasteiger partial charge >= 0.3 is 4.87 Å². The maximum absolute atomic E-state index is 12.8. The molecule has 4 rings (SSSR count). The zero-order valence-electron chi connectivity index (χ0n) is 16.0. The van der Waals surface area contributed by atoms with Gasteiger partial charge in [0.1, 0.15) is 0 Å². The summed E-state index contributed by atoms with van der Waals surface area (Å²) < 4.78 is 29.1. The molecule has 7 nitrogen and oxygen atoms in total. The molecule has 0 radical (unpaired) electrons. The van der Waals surface area contributed by atoms with Crippen molar-refractivity contribution in [1.82, 2.24) is 8.87 Å². The van der Waals surface area contributed by atoms with Crippen molar-refractivity contribution in [2.45, 2.75) is 30.7 Å². The third kappa shape index (κ3) is 4.29. The van der Waals surface area contributed by atoms with Crippen molar-refractivity contribution in [3.05, 3.63) is 57.2 Å². The van der Waals surface area contributed by atoms with E-state index in [0.717, 1.165) is 24.2 Å². The van der Waals surface area contributed by atoms with Crippen molar-refractivity contribution < 1.29 is 13.2 Å². The van der Waals surface area contributed by atoms with E-state index in [0.29, 0.717) is 34.0 Å². The number of nitrogens with zero attached hydrogens (tertiary/aromatic N) is 2. The second kappa shape index (κ2) is 8.50. The number of amides is 1. The Morgan fingerprint density at radius 2 is 1.80 bits per heavy atom. The fourth-order valence-electron chi connectivity index (χ4n) is 3.47. The normalized spacial score (nSPS) is 15.0. The zero-order valence-corrected chi connectivity index (χ0v) is 18.4. The third-order valence-corrected chi connectivity index (χ3v) is 8.12. The minimum Gasteiger partial charge on any atom is -0.326 e. The second-order valence-electron chi connectivity index (χ2n) is 7.07. The Morgan fingerprint density at radius 1 is 1.10 bits per heavy atom. The van der Waals surface area contributed by atoms with Crippen molar-refractivity contribution in [3.8, 4) is 0 Å². The Hall–Kier alpha value is -2.20. The van der Waals surface area contributed by atoms with E-state index in [-0.39, 0.29) is 28.6 Å². The summed E-state index contributed by atoms with van der Waals surface area (Å²) >= 11 is 6.82. The third-order valence-electron chi connectivity index (χ3n) is 5.03. The van der Waals surface area contributed by atoms with Gasteiger partial charge in [0.05, 0.1) is 15.1 Å². The van der Waals surface area contributed by atoms with Crippen LogP contribution in [0.5, 0.6) is 0 Å². The van der Waals surface area contributed by atoms with Gasteiger partial charge in [-0.3, -0.25) is 14.2 Å². The van der Waals surface area contributed by atoms with E-state index in [2.05, 4.69) is 5.32 Å². The zero-order chi connectivity index (χ0) is 21.3. The van der Waals surface area contributed by atoms with Crippen LogP contribution < -0.4 is 10.2 Å². The molecule has 1 amide bonds. The SMILES string of the molecule is O=C(CCn1c(=O)sc2cc(S(=O)(=O)N3CCCC3)ccc21)Nc1ccc(Cl)cc1. The molecule has 1 fully saturated rings. The number of anilines is 1. The lowest BCUT2D eigenvalue weighted by Gasteiger charge is -2.15. The summed E-state index contributed by atoms with van der Waals surface area (Å²) in [6.45, 7) is 1.26. The summed E-state index contributed by atoms with van der Waals surface area (Å²) in [7, 11) is -3.54. The quantitative estimate of drug-likeness (QED) is 0.603. The summed E-state index contributed by atoms with van der Waals surface area (Å²) in [5, 5.41) is 3.34. The van der Waals surface area contributed by atoms with E-state index in [1.807, 2.05) is 0 Å². The van der Waals surface area contributed by atoms with Crippen LogP contribution in [0.4, 0.5) is 5.69 Å². The Kier molecular flexibility index (Phi) is 5.97. The number of rotatable bonds is 6. The number of hydrogen-bond donors (Lipinski definition) is 1. The number of fused-ring (bicyclic) bond motifs is 1. The van der Waals surface area contributed by atoms with Crippen molar-refractivity contribution in [2.24, 2.45) is 0 Å². The molecular formula is C20H20ClN3O4S2. The molecule has 30 heavy (non-hydrogen) atoms. The van der Waals surface area contributed by atoms with Crippen LogP contribution in [0.1, 0.15) is 19.3 Å². The fraction of sp³-hybridized carbons (Fsp3) is 0.300. The summed E-state index contributed by atoms with van der Waals surface area (Å²) in [5.41, 5.74) is 1.26. The summed E-state index contributed by atoms with van der Waals surface area (Å²) in [6.07, 6.45) is 1.84. The van der Waals surface area contributed by atoms with Crippen LogP contribution >= 0.6 is 22.9 Å². The predicted molar refractivity (Wildman–Crippen MR) is 119 cm³/mol. The molecule has 1 N–H and O–H groups in total. The Balaban J connectivity index is 1.51. The maximum atomic E-state index is 12.8. The lowest BCUT2D eigenvalue weighted by Crippen LogP contribution is -2.27. The van der Waals surface area contributed by atoms with Gasteiger partial charge in [-0.2, -0.15) is 4.31 Å². The van der Waals surface area contributed by atoms with Crippen molar-refractivity contribution in [3.63, 3.8) is 0 Å². The first kappa shape index (κ1) is 21.0. The minimum atomic E-state index is -3.54. The van der Waals surface area contributed by atoms with Gasteiger partial charge in [0.2, 0.25) is 15.9 Å². The number of sulfonamides is 1. The number of halogens is 1. The average molecular weight is 466 g/mol. The van der Waals surface area contributed by atoms with E-state index < -0.39 is 10.0 Å². The molecule has 1 aliphatic heterocycles. The minimum absolute atomic E-state index is 0.113. The number of thiazole rings is 1. The topological polar surface area (TPSA) is 88.5 Å². The Morgan fingerprint density at radius 3 is 2.50 bits per heavy atom. The van der Waals surface area contributed by atoms with Crippen LogP contribution in [0.2, 0.25) is 5.02 Å². The van der Waals surface area contributed by atoms with Crippen LogP contribution in [0.3, 0.4) is 0 Å². The van der Waals surface area contributed by atoms with Gasteiger partial charge in [-0.15, -0.1) is 0 Å². The number of nitrogens with one attached hydrogen (secondary N) is 1. The first-order valence-electron chi connectivity index (χ1n) is 9.53. The van der Waals surface area contributed by atoms with Crippen molar-refractivity contribution in [1.29, 1.82) is 0 Å². The van der Waals surface area contributed by atoms with Crippen LogP contribution in [-0.4, -0.2) is 36.3 Å². The fourth-order valence-corrected chi connectivity index (χ4v) is 6.17. The van der Waals surface area contributed by atoms with Gasteiger partial charge in [0.25, 0.3) is 0 Å². The summed E-state index contributed by atoms with van der Waals surface area (Å²) in [6, 6.07) is 11.5. The van der Waals surface area contributed by atoms with Gasteiger partial charge in [0.15, 0.2) is 0 Å². The molecule has 1 aromatic heterocycles. The lowest BCUT2D eigenvalue weighted by molar-refractivity contribution is -0.116. The Bertz CT molecular complexity index is 1240. The average Bonchev–Trinajstić information content (AvgIpc) is 3.36. The molecule has 158 valence electrons. The molecule has 2 aromatic carbocycles. The number of carbonyl (C=O) groups is 1. The monoisotopic (exact) mass is 465 g/mol. The van der Waals surface area contributed by atoms with E-state index in [1.165, 1.54) is 14.9 Å². The van der Waals surface area contributed by atoms with E-state index in [9.17, 15) is 18.0 Å². The predicted octanol–water partition coefficient (Wildman–Crippen LogP) is 3.53. The van der Waals surface area contributed by atoms with Crippen LogP contribution in [0, 0.1) is 0 Å². The largest absolute Gasteiger partial charge is 0.326 e. The highest BCUT2D eigenvalue weighted by Gasteiger charge is 2.27. The number of aryl methyl sites for hydroxylation is 1. The van der Waals surface area contributed by atoms with E-state index >= 15 is 0 Å². The number of aromatic nitrogens is 1. The van der Waals surface area contributed by atoms with Crippen molar-refractivity contribution in [2.75, 3.05) is 18.4 Å². The van der Waals surface area contributed by atoms with Crippen LogP contribution in [0.25, 0.3) is 10.2 Å². The van der Waals surface area contributed by atoms with Crippen LogP contribution in [-0.2, 0) is 21.4 Å². The molecule has 0 saturated carbocycles. The standard InChI is InChI=1S/C20H20ClN3O4S2/c21-14-3-5-15(6-4-14)22-19(25)9-12-24-17-8-7-16(13-18(17)29-20(24)26)30(27,28)23-10-1-2-11-23/h3-8,13H,1-2,9-12H2,(H,22,25). The molecule has 0 atom stereocenters. The molecule has 2 heterocycles. The highest BCUT2D eigenvalue weighted by molar-refractivity contribution is 7.89. The van der Waals surface area contributed by atoms with Gasteiger partial charge in [0, 0.05) is 36.8 Å². The number of carbonyl (C=O) groups excluding carboxylic acids is 1. The summed E-state index contributed by atoms with van der Waals surface area (Å²) in [5.74, 6) is -0.225. The molecular weight excluding hydrogens is 446 g/mol. The number of benzene rings is 2. The van der Waals surface area contributed by atoms with Gasteiger partial charge < -0.3 is 5.32 Å². The first-order chi connectivity index (χ1) is 14.3. The van der Waals surface area contributed by atoms with Gasteiger partial charge in [-0.25, -0.2) is 8.42 Å². The molecule has 0 bridgehead atoms. The molecule has 0 unspecified atom stereocenters. The summed E-state index contributed by atoms with van der Waals surface area (Å²) in [4.78, 5) is 24.6. The van der Waals surface area contributed by atoms with Crippen molar-refractivity contribution >= 4 is 54.8 Å². The smallest absolute Gasteiger partial charge is 0.308 e. The highest BCUT2D eigenvalue weighted by atomic mass is 35.5. The van der Waals surface area contributed by atoms with Crippen LogP contribution in [0.15, 0.2) is 52.2 Å². The molecule has 1 saturated heterocycles. The number of hydrogen-bond acceptors (Lipinski definition) is 5. The van der Waals surface area contributed by atoms with Gasteiger partial charge in [-0.1, -0.05) is 22.9 Å². The lowest BCUT2D eigenvalue weighted by atomic mass is 10.3. The maximum Gasteiger partial charge on any atom is 0.308 e. The van der Waals surface area contributed by atoms with E-state index in [4.69, 9.17) is 11.6 Å². The molecule has 0 aliphatic carbocycles. The highest BCUT2D eigenvalue weighted by Crippen LogP contribution is 2.26. The molecule has 1 aliphatic rings. The molecule has 3 aromatic rings. The second-order valence-corrected chi connectivity index (χ2v) is 10.4. The first-order valence-corrected chi connectivity index (χ1v) is 12.2. The molecule has 0 spiro atoms.